The Morgan fingerprint density at radius 3 is 2.12 bits per heavy atom. The minimum absolute atomic E-state index is 0.568. The van der Waals surface area contributed by atoms with Crippen molar-refractivity contribution in [1.82, 2.24) is 0 Å². The maximum absolute atomic E-state index is 5.54. The highest BCUT2D eigenvalue weighted by Crippen LogP contribution is 2.36. The average molecular weight is 221 g/mol. The molecule has 0 heterocycles. The Kier molecular flexibility index (Phi) is 4.38. The predicted molar refractivity (Wildman–Crippen MR) is 67.0 cm³/mol. The molecular formula is C13H19NO2. The third kappa shape index (κ3) is 2.55. The first kappa shape index (κ1) is 12.6. The summed E-state index contributed by atoms with van der Waals surface area (Å²) >= 11 is 0. The van der Waals surface area contributed by atoms with Gasteiger partial charge in [0, 0.05) is 0 Å². The Morgan fingerprint density at radius 1 is 1.25 bits per heavy atom. The molecule has 0 unspecified atom stereocenters. The van der Waals surface area contributed by atoms with E-state index in [0.29, 0.717) is 6.54 Å². The number of ether oxygens (including phenoxy) is 2. The fraction of sp³-hybridized carbons (Fsp3) is 0.385. The second kappa shape index (κ2) is 5.56. The molecule has 0 aromatic heterocycles. The smallest absolute Gasteiger partial charge is 0.130 e. The van der Waals surface area contributed by atoms with Gasteiger partial charge in [-0.15, -0.1) is 0 Å². The van der Waals surface area contributed by atoms with Gasteiger partial charge in [-0.25, -0.2) is 0 Å². The lowest BCUT2D eigenvalue weighted by Gasteiger charge is -2.15. The molecule has 1 rings (SSSR count). The summed E-state index contributed by atoms with van der Waals surface area (Å²) in [7, 11) is 3.29. The Hall–Kier alpha value is -1.48. The van der Waals surface area contributed by atoms with Crippen LogP contribution in [-0.4, -0.2) is 20.8 Å². The van der Waals surface area contributed by atoms with Crippen molar-refractivity contribution >= 4 is 5.57 Å². The largest absolute Gasteiger partial charge is 0.496 e. The summed E-state index contributed by atoms with van der Waals surface area (Å²) < 4.78 is 10.7. The molecule has 0 aliphatic rings. The molecular weight excluding hydrogens is 202 g/mol. The first-order chi connectivity index (χ1) is 7.63. The molecule has 3 nitrogen and oxygen atoms in total. The van der Waals surface area contributed by atoms with Crippen molar-refractivity contribution in [2.45, 2.75) is 13.3 Å². The molecule has 0 saturated heterocycles. The quantitative estimate of drug-likeness (QED) is 0.830. The first-order valence-electron chi connectivity index (χ1n) is 5.24. The lowest BCUT2D eigenvalue weighted by atomic mass is 10.0. The monoisotopic (exact) mass is 221 g/mol. The molecule has 1 aromatic rings. The number of nitrogens with two attached hydrogens (primary N) is 1. The summed E-state index contributed by atoms with van der Waals surface area (Å²) in [6.07, 6.45) is 0.732. The van der Waals surface area contributed by atoms with Gasteiger partial charge in [-0.3, -0.25) is 0 Å². The van der Waals surface area contributed by atoms with Crippen LogP contribution in [0.15, 0.2) is 18.7 Å². The summed E-state index contributed by atoms with van der Waals surface area (Å²) in [4.78, 5) is 0. The third-order valence-electron chi connectivity index (χ3n) is 2.45. The van der Waals surface area contributed by atoms with Crippen molar-refractivity contribution in [3.63, 3.8) is 0 Å². The molecule has 0 aliphatic heterocycles. The van der Waals surface area contributed by atoms with Gasteiger partial charge in [-0.2, -0.15) is 0 Å². The van der Waals surface area contributed by atoms with Crippen LogP contribution in [0.25, 0.3) is 5.57 Å². The molecule has 0 saturated carbocycles. The molecule has 0 aliphatic carbocycles. The van der Waals surface area contributed by atoms with Gasteiger partial charge >= 0.3 is 0 Å². The number of hydrogen-bond acceptors (Lipinski definition) is 3. The van der Waals surface area contributed by atoms with E-state index in [-0.39, 0.29) is 0 Å². The van der Waals surface area contributed by atoms with Gasteiger partial charge in [0.05, 0.1) is 19.8 Å². The zero-order chi connectivity index (χ0) is 12.1. The third-order valence-corrected chi connectivity index (χ3v) is 2.45. The minimum atomic E-state index is 0.568. The molecule has 0 amide bonds. The predicted octanol–water partition coefficient (Wildman–Crippen LogP) is 2.37. The average Bonchev–Trinajstić information content (AvgIpc) is 2.27. The molecule has 0 radical (unpaired) electrons. The highest BCUT2D eigenvalue weighted by atomic mass is 16.5. The van der Waals surface area contributed by atoms with Crippen LogP contribution in [0.5, 0.6) is 11.5 Å². The van der Waals surface area contributed by atoms with Crippen LogP contribution in [-0.2, 0) is 0 Å². The maximum Gasteiger partial charge on any atom is 0.130 e. The normalized spacial score (nSPS) is 10.0. The fourth-order valence-corrected chi connectivity index (χ4v) is 1.69. The van der Waals surface area contributed by atoms with E-state index in [2.05, 4.69) is 6.58 Å². The summed E-state index contributed by atoms with van der Waals surface area (Å²) in [5, 5.41) is 0. The van der Waals surface area contributed by atoms with E-state index in [4.69, 9.17) is 15.2 Å². The van der Waals surface area contributed by atoms with Crippen LogP contribution in [0.2, 0.25) is 0 Å². The van der Waals surface area contributed by atoms with Gasteiger partial charge in [0.25, 0.3) is 0 Å². The lowest BCUT2D eigenvalue weighted by Crippen LogP contribution is -2.02. The van der Waals surface area contributed by atoms with Crippen LogP contribution in [0.4, 0.5) is 0 Å². The lowest BCUT2D eigenvalue weighted by molar-refractivity contribution is 0.391. The summed E-state index contributed by atoms with van der Waals surface area (Å²) in [6, 6.07) is 3.94. The van der Waals surface area contributed by atoms with E-state index in [9.17, 15) is 0 Å². The van der Waals surface area contributed by atoms with Crippen molar-refractivity contribution < 1.29 is 9.47 Å². The highest BCUT2D eigenvalue weighted by Gasteiger charge is 2.13. The number of methoxy groups -OCH3 is 2. The van der Waals surface area contributed by atoms with Crippen LogP contribution < -0.4 is 15.2 Å². The zero-order valence-corrected chi connectivity index (χ0v) is 10.2. The van der Waals surface area contributed by atoms with Crippen molar-refractivity contribution in [1.29, 1.82) is 0 Å². The van der Waals surface area contributed by atoms with Crippen LogP contribution in [0.1, 0.15) is 17.5 Å². The zero-order valence-electron chi connectivity index (χ0n) is 10.2. The van der Waals surface area contributed by atoms with E-state index in [0.717, 1.165) is 34.6 Å². The summed E-state index contributed by atoms with van der Waals surface area (Å²) in [5.41, 5.74) is 8.49. The van der Waals surface area contributed by atoms with Gasteiger partial charge < -0.3 is 15.2 Å². The Labute approximate surface area is 96.9 Å². The van der Waals surface area contributed by atoms with Crippen LogP contribution >= 0.6 is 0 Å². The van der Waals surface area contributed by atoms with E-state index >= 15 is 0 Å². The van der Waals surface area contributed by atoms with Gasteiger partial charge in [0.2, 0.25) is 0 Å². The van der Waals surface area contributed by atoms with Gasteiger partial charge in [0.15, 0.2) is 0 Å². The Balaban J connectivity index is 3.27. The fourth-order valence-electron chi connectivity index (χ4n) is 1.69. The maximum atomic E-state index is 5.54. The number of benzene rings is 1. The van der Waals surface area contributed by atoms with Gasteiger partial charge in [-0.05, 0) is 43.2 Å². The molecule has 1 aromatic carbocycles. The Morgan fingerprint density at radius 2 is 1.75 bits per heavy atom. The van der Waals surface area contributed by atoms with Crippen molar-refractivity contribution in [3.05, 3.63) is 29.8 Å². The van der Waals surface area contributed by atoms with E-state index < -0.39 is 0 Å². The van der Waals surface area contributed by atoms with Gasteiger partial charge in [0.1, 0.15) is 11.5 Å². The minimum Gasteiger partial charge on any atom is -0.496 e. The van der Waals surface area contributed by atoms with E-state index in [1.54, 1.807) is 14.2 Å². The molecule has 3 heteroatoms. The SMILES string of the molecule is C=C(CCN)c1c(OC)cc(C)cc1OC. The second-order valence-corrected chi connectivity index (χ2v) is 3.69. The molecule has 0 atom stereocenters. The molecule has 0 bridgehead atoms. The first-order valence-corrected chi connectivity index (χ1v) is 5.24. The van der Waals surface area contributed by atoms with Crippen molar-refractivity contribution in [3.8, 4) is 11.5 Å². The number of rotatable bonds is 5. The van der Waals surface area contributed by atoms with Crippen LogP contribution in [0, 0.1) is 6.92 Å². The topological polar surface area (TPSA) is 44.5 Å². The molecule has 0 fully saturated rings. The standard InChI is InChI=1S/C13H19NO2/c1-9-7-11(15-3)13(10(2)5-6-14)12(8-9)16-4/h7-8H,2,5-6,14H2,1,3-4H3. The molecule has 2 N–H and O–H groups in total. The molecule has 0 spiro atoms. The number of aryl methyl sites for hydroxylation is 1. The Bertz CT molecular complexity index is 361. The summed E-state index contributed by atoms with van der Waals surface area (Å²) in [6.45, 7) is 6.59. The van der Waals surface area contributed by atoms with Crippen molar-refractivity contribution in [2.75, 3.05) is 20.8 Å². The van der Waals surface area contributed by atoms with Crippen molar-refractivity contribution in [2.24, 2.45) is 5.73 Å². The van der Waals surface area contributed by atoms with Crippen LogP contribution in [0.3, 0.4) is 0 Å². The molecule has 88 valence electrons. The summed E-state index contributed by atoms with van der Waals surface area (Å²) in [5.74, 6) is 1.57. The van der Waals surface area contributed by atoms with E-state index in [1.807, 2.05) is 19.1 Å². The molecule has 16 heavy (non-hydrogen) atoms. The second-order valence-electron chi connectivity index (χ2n) is 3.69. The van der Waals surface area contributed by atoms with Gasteiger partial charge in [-0.1, -0.05) is 6.58 Å². The number of hydrogen-bond donors (Lipinski definition) is 1. The van der Waals surface area contributed by atoms with E-state index in [1.165, 1.54) is 0 Å². The highest BCUT2D eigenvalue weighted by molar-refractivity contribution is 5.74.